The van der Waals surface area contributed by atoms with Crippen LogP contribution in [0.3, 0.4) is 0 Å². The van der Waals surface area contributed by atoms with Gasteiger partial charge in [0, 0.05) is 34.5 Å². The fraction of sp³-hybridized carbons (Fsp3) is 0.250. The molecule has 2 radical (unpaired) electrons. The molecule has 0 bridgehead atoms. The van der Waals surface area contributed by atoms with Gasteiger partial charge in [0.05, 0.1) is 11.9 Å². The molecule has 0 saturated heterocycles. The minimum absolute atomic E-state index is 0.0871. The molecule has 1 aliphatic rings. The number of aromatic nitrogens is 4. The van der Waals surface area contributed by atoms with Crippen LogP contribution in [0.25, 0.3) is 28.0 Å². The highest BCUT2D eigenvalue weighted by Crippen LogP contribution is 2.40. The molecule has 4 aromatic rings. The largest absolute Gasteiger partial charge is 0.479 e. The maximum Gasteiger partial charge on any atom is 0.341 e. The lowest BCUT2D eigenvalue weighted by molar-refractivity contribution is -0.153. The van der Waals surface area contributed by atoms with E-state index in [0.717, 1.165) is 22.4 Å². The van der Waals surface area contributed by atoms with Gasteiger partial charge in [-0.05, 0) is 37.2 Å². The number of carboxylic acid groups (broad SMARTS) is 1. The quantitative estimate of drug-likeness (QED) is 0.471. The maximum atomic E-state index is 14.5. The molecular formula is C24H21BFN5O2. The van der Waals surface area contributed by atoms with Crippen LogP contribution >= 0.6 is 0 Å². The molecule has 0 atom stereocenters. The van der Waals surface area contributed by atoms with Crippen molar-refractivity contribution in [2.24, 2.45) is 0 Å². The number of nitrogens with two attached hydrogens (primary N) is 1. The van der Waals surface area contributed by atoms with Crippen molar-refractivity contribution in [2.75, 3.05) is 5.73 Å². The van der Waals surface area contributed by atoms with E-state index in [2.05, 4.69) is 10.1 Å². The molecule has 7 nitrogen and oxygen atoms in total. The molecule has 0 unspecified atom stereocenters. The summed E-state index contributed by atoms with van der Waals surface area (Å²) in [5.41, 5.74) is 8.89. The van der Waals surface area contributed by atoms with Crippen LogP contribution in [-0.4, -0.2) is 44.2 Å². The summed E-state index contributed by atoms with van der Waals surface area (Å²) >= 11 is 0. The molecule has 0 aliphatic heterocycles. The minimum atomic E-state index is -2.20. The maximum absolute atomic E-state index is 14.5. The van der Waals surface area contributed by atoms with Crippen molar-refractivity contribution in [3.05, 3.63) is 60.6 Å². The molecule has 5 rings (SSSR count). The second kappa shape index (κ2) is 7.99. The summed E-state index contributed by atoms with van der Waals surface area (Å²) in [5.74, 6) is -1.34. The number of anilines is 1. The summed E-state index contributed by atoms with van der Waals surface area (Å²) in [6.07, 6.45) is 3.91. The van der Waals surface area contributed by atoms with Gasteiger partial charge < -0.3 is 10.8 Å². The SMILES string of the molecule is [B]c1c(C2CCC(F)(C(=O)O)CC2)nc2c(-c3ccc(-c4ccccc4)nc3)cnn2c1N. The highest BCUT2D eigenvalue weighted by molar-refractivity contribution is 6.36. The van der Waals surface area contributed by atoms with Crippen molar-refractivity contribution < 1.29 is 14.3 Å². The average molecular weight is 441 g/mol. The molecule has 1 saturated carbocycles. The Bertz CT molecular complexity index is 1330. The lowest BCUT2D eigenvalue weighted by Gasteiger charge is -2.31. The van der Waals surface area contributed by atoms with E-state index in [-0.39, 0.29) is 24.6 Å². The van der Waals surface area contributed by atoms with Gasteiger partial charge in [-0.25, -0.2) is 14.2 Å². The zero-order valence-electron chi connectivity index (χ0n) is 17.8. The number of aliphatic carboxylic acids is 1. The summed E-state index contributed by atoms with van der Waals surface area (Å²) in [6.45, 7) is 0. The van der Waals surface area contributed by atoms with E-state index < -0.39 is 11.6 Å². The molecule has 1 aliphatic carbocycles. The standard InChI is InChI=1S/C24H21BFN5O2/c25-19-20(15-8-10-24(26,11-9-15)23(32)33)30-22-17(13-29-31(22)21(19)27)16-6-7-18(28-12-16)14-4-2-1-3-5-14/h1-7,12-13,15H,8-11,27H2,(H,32,33). The number of carbonyl (C=O) groups is 1. The first kappa shape index (κ1) is 21.1. The summed E-state index contributed by atoms with van der Waals surface area (Å²) in [5, 5.41) is 13.5. The van der Waals surface area contributed by atoms with Crippen LogP contribution < -0.4 is 11.2 Å². The molecule has 33 heavy (non-hydrogen) atoms. The Morgan fingerprint density at radius 3 is 2.48 bits per heavy atom. The molecule has 9 heteroatoms. The van der Waals surface area contributed by atoms with Gasteiger partial charge in [-0.3, -0.25) is 4.98 Å². The van der Waals surface area contributed by atoms with Gasteiger partial charge in [0.2, 0.25) is 5.67 Å². The molecule has 3 N–H and O–H groups in total. The van der Waals surface area contributed by atoms with Gasteiger partial charge in [-0.15, -0.1) is 0 Å². The van der Waals surface area contributed by atoms with E-state index >= 15 is 0 Å². The zero-order valence-corrected chi connectivity index (χ0v) is 17.8. The van der Waals surface area contributed by atoms with Crippen molar-refractivity contribution in [2.45, 2.75) is 37.3 Å². The number of nitrogens with zero attached hydrogens (tertiary/aromatic N) is 4. The predicted molar refractivity (Wildman–Crippen MR) is 124 cm³/mol. The third-order valence-corrected chi connectivity index (χ3v) is 6.44. The van der Waals surface area contributed by atoms with Crippen LogP contribution in [0.15, 0.2) is 54.9 Å². The first-order valence-electron chi connectivity index (χ1n) is 10.7. The van der Waals surface area contributed by atoms with Crippen LogP contribution in [0, 0.1) is 0 Å². The lowest BCUT2D eigenvalue weighted by Crippen LogP contribution is -2.38. The van der Waals surface area contributed by atoms with Gasteiger partial charge in [-0.1, -0.05) is 36.4 Å². The molecule has 0 spiro atoms. The Balaban J connectivity index is 1.51. The van der Waals surface area contributed by atoms with Gasteiger partial charge in [0.15, 0.2) is 5.65 Å². The van der Waals surface area contributed by atoms with Crippen LogP contribution in [-0.2, 0) is 4.79 Å². The van der Waals surface area contributed by atoms with E-state index in [9.17, 15) is 9.18 Å². The molecule has 1 fully saturated rings. The normalized spacial score (nSPS) is 20.7. The number of pyridine rings is 1. The summed E-state index contributed by atoms with van der Waals surface area (Å²) in [4.78, 5) is 20.6. The van der Waals surface area contributed by atoms with E-state index in [1.165, 1.54) is 4.52 Å². The Hall–Kier alpha value is -3.75. The Morgan fingerprint density at radius 2 is 1.85 bits per heavy atom. The van der Waals surface area contributed by atoms with Gasteiger partial charge in [0.1, 0.15) is 13.7 Å². The zero-order chi connectivity index (χ0) is 23.2. The van der Waals surface area contributed by atoms with Gasteiger partial charge in [-0.2, -0.15) is 9.61 Å². The average Bonchev–Trinajstić information content (AvgIpc) is 3.27. The highest BCUT2D eigenvalue weighted by Gasteiger charge is 2.43. The number of benzene rings is 1. The van der Waals surface area contributed by atoms with Crippen LogP contribution in [0.4, 0.5) is 10.2 Å². The smallest absolute Gasteiger partial charge is 0.341 e. The number of hydrogen-bond acceptors (Lipinski definition) is 5. The van der Waals surface area contributed by atoms with Crippen LogP contribution in [0.1, 0.15) is 37.3 Å². The fourth-order valence-corrected chi connectivity index (χ4v) is 4.46. The van der Waals surface area contributed by atoms with Crippen molar-refractivity contribution >= 4 is 30.7 Å². The summed E-state index contributed by atoms with van der Waals surface area (Å²) in [6, 6.07) is 13.8. The number of hydrogen-bond donors (Lipinski definition) is 2. The Morgan fingerprint density at radius 1 is 1.12 bits per heavy atom. The molecular weight excluding hydrogens is 420 g/mol. The predicted octanol–water partition coefficient (Wildman–Crippen LogP) is 3.28. The first-order chi connectivity index (χ1) is 15.9. The Labute approximate surface area is 190 Å². The van der Waals surface area contributed by atoms with E-state index in [1.54, 1.807) is 12.4 Å². The number of alkyl halides is 1. The van der Waals surface area contributed by atoms with E-state index in [1.807, 2.05) is 42.5 Å². The second-order valence-electron chi connectivity index (χ2n) is 8.43. The van der Waals surface area contributed by atoms with Crippen LogP contribution in [0.2, 0.25) is 0 Å². The number of halogens is 1. The first-order valence-corrected chi connectivity index (χ1v) is 10.7. The number of nitrogen functional groups attached to an aromatic ring is 1. The van der Waals surface area contributed by atoms with E-state index in [4.69, 9.17) is 23.7 Å². The van der Waals surface area contributed by atoms with Gasteiger partial charge >= 0.3 is 5.97 Å². The van der Waals surface area contributed by atoms with Crippen molar-refractivity contribution in [3.8, 4) is 22.4 Å². The lowest BCUT2D eigenvalue weighted by atomic mass is 9.75. The van der Waals surface area contributed by atoms with Gasteiger partial charge in [0.25, 0.3) is 0 Å². The number of fused-ring (bicyclic) bond motifs is 1. The number of carboxylic acids is 1. The Kier molecular flexibility index (Phi) is 5.11. The highest BCUT2D eigenvalue weighted by atomic mass is 19.1. The van der Waals surface area contributed by atoms with Crippen molar-refractivity contribution in [1.29, 1.82) is 0 Å². The fourth-order valence-electron chi connectivity index (χ4n) is 4.46. The summed E-state index contributed by atoms with van der Waals surface area (Å²) in [7, 11) is 6.27. The topological polar surface area (TPSA) is 106 Å². The third-order valence-electron chi connectivity index (χ3n) is 6.44. The van der Waals surface area contributed by atoms with Crippen molar-refractivity contribution in [3.63, 3.8) is 0 Å². The monoisotopic (exact) mass is 441 g/mol. The molecule has 3 aromatic heterocycles. The minimum Gasteiger partial charge on any atom is -0.479 e. The second-order valence-corrected chi connectivity index (χ2v) is 8.43. The molecule has 3 heterocycles. The molecule has 164 valence electrons. The van der Waals surface area contributed by atoms with E-state index in [0.29, 0.717) is 29.6 Å². The number of rotatable bonds is 4. The molecule has 0 amide bonds. The summed E-state index contributed by atoms with van der Waals surface area (Å²) < 4.78 is 16.0. The van der Waals surface area contributed by atoms with Crippen LogP contribution in [0.5, 0.6) is 0 Å². The third kappa shape index (κ3) is 3.63. The molecule has 1 aromatic carbocycles. The van der Waals surface area contributed by atoms with Crippen molar-refractivity contribution in [1.82, 2.24) is 19.6 Å².